The first-order valence-corrected chi connectivity index (χ1v) is 12.7. The van der Waals surface area contributed by atoms with E-state index in [4.69, 9.17) is 8.97 Å². The zero-order chi connectivity index (χ0) is 25.4. The average molecular weight is 560 g/mol. The smallest absolute Gasteiger partial charge is 0.261 e. The summed E-state index contributed by atoms with van der Waals surface area (Å²) < 4.78 is 46.2. The Labute approximate surface area is 202 Å². The van der Waals surface area contributed by atoms with Crippen molar-refractivity contribution in [1.82, 2.24) is 4.90 Å². The van der Waals surface area contributed by atoms with Crippen molar-refractivity contribution in [3.63, 3.8) is 0 Å². The van der Waals surface area contributed by atoms with Crippen molar-refractivity contribution in [2.24, 2.45) is 0 Å². The molecule has 1 aliphatic rings. The molecule has 2 heterocycles. The third kappa shape index (κ3) is 5.58. The number of phenols is 2. The van der Waals surface area contributed by atoms with E-state index < -0.39 is 27.1 Å². The standard InChI is InChI=1S/C21H19BrFNO5.CH4O3S/c1-24-5-4-11(14(24)9-25)19-15(26)7-16(27)20-17(28)8-18(29-21(19)20)12-6-10(23)2-3-13(12)22;1-5(2,3)4/h2-3,6-8,11,14,25-27H,4-5,9H2,1H3;1H3,(H,2,3,4)/t11-,14+;/m0./s1. The number of fused-ring (bicyclic) bond motifs is 1. The van der Waals surface area contributed by atoms with E-state index in [0.29, 0.717) is 34.8 Å². The highest BCUT2D eigenvalue weighted by Gasteiger charge is 2.36. The Morgan fingerprint density at radius 3 is 2.47 bits per heavy atom. The molecular formula is C22H23BrFNO8S. The normalized spacial score (nSPS) is 18.6. The number of benzene rings is 2. The minimum absolute atomic E-state index is 0.0416. The Morgan fingerprint density at radius 2 is 1.85 bits per heavy atom. The second-order valence-corrected chi connectivity index (χ2v) is 10.3. The van der Waals surface area contributed by atoms with Crippen LogP contribution < -0.4 is 5.43 Å². The van der Waals surface area contributed by atoms with Gasteiger partial charge in [-0.15, -0.1) is 0 Å². The molecule has 184 valence electrons. The molecule has 3 aromatic rings. The Morgan fingerprint density at radius 1 is 1.21 bits per heavy atom. The molecule has 2 aromatic carbocycles. The highest BCUT2D eigenvalue weighted by Crippen LogP contribution is 2.44. The van der Waals surface area contributed by atoms with Gasteiger partial charge < -0.3 is 24.6 Å². The van der Waals surface area contributed by atoms with E-state index in [1.54, 1.807) is 0 Å². The first kappa shape index (κ1) is 26.1. The van der Waals surface area contributed by atoms with Crippen molar-refractivity contribution in [2.75, 3.05) is 26.5 Å². The van der Waals surface area contributed by atoms with E-state index in [0.717, 1.165) is 6.07 Å². The van der Waals surface area contributed by atoms with Crippen LogP contribution in [0.25, 0.3) is 22.3 Å². The van der Waals surface area contributed by atoms with Gasteiger partial charge in [0.1, 0.15) is 34.0 Å². The van der Waals surface area contributed by atoms with E-state index in [-0.39, 0.29) is 41.0 Å². The van der Waals surface area contributed by atoms with Gasteiger partial charge in [-0.25, -0.2) is 4.39 Å². The Bertz CT molecular complexity index is 1380. The van der Waals surface area contributed by atoms with Crippen LogP contribution in [0, 0.1) is 5.82 Å². The zero-order valence-corrected chi connectivity index (χ0v) is 20.6. The number of phenolic OH excluding ortho intramolecular Hbond substituents is 2. The summed E-state index contributed by atoms with van der Waals surface area (Å²) in [5.74, 6) is -1.31. The molecule has 0 spiro atoms. The predicted octanol–water partition coefficient (Wildman–Crippen LogP) is 3.06. The van der Waals surface area contributed by atoms with Crippen molar-refractivity contribution < 1.29 is 37.1 Å². The van der Waals surface area contributed by atoms with Gasteiger partial charge in [-0.3, -0.25) is 9.35 Å². The molecule has 4 rings (SSSR count). The van der Waals surface area contributed by atoms with Crippen molar-refractivity contribution >= 4 is 37.0 Å². The molecule has 0 amide bonds. The van der Waals surface area contributed by atoms with E-state index in [1.165, 1.54) is 24.3 Å². The van der Waals surface area contributed by atoms with Gasteiger partial charge in [0.2, 0.25) is 0 Å². The van der Waals surface area contributed by atoms with Gasteiger partial charge in [0.25, 0.3) is 10.1 Å². The lowest BCUT2D eigenvalue weighted by Crippen LogP contribution is -2.32. The minimum atomic E-state index is -3.67. The summed E-state index contributed by atoms with van der Waals surface area (Å²) in [6, 6.07) is 6.05. The van der Waals surface area contributed by atoms with Crippen molar-refractivity contribution in [1.29, 1.82) is 0 Å². The lowest BCUT2D eigenvalue weighted by molar-refractivity contribution is 0.172. The van der Waals surface area contributed by atoms with Crippen LogP contribution in [-0.2, 0) is 10.1 Å². The largest absolute Gasteiger partial charge is 0.507 e. The predicted molar refractivity (Wildman–Crippen MR) is 127 cm³/mol. The number of nitrogens with zero attached hydrogens (tertiary/aromatic N) is 1. The van der Waals surface area contributed by atoms with Gasteiger partial charge in [0, 0.05) is 39.7 Å². The fourth-order valence-electron chi connectivity index (χ4n) is 4.11. The van der Waals surface area contributed by atoms with Gasteiger partial charge >= 0.3 is 0 Å². The summed E-state index contributed by atoms with van der Waals surface area (Å²) in [5.41, 5.74) is 0.218. The summed E-state index contributed by atoms with van der Waals surface area (Å²) in [6.07, 6.45) is 1.35. The molecular weight excluding hydrogens is 537 g/mol. The SMILES string of the molecule is CN1CC[C@H](c2c(O)cc(O)c3c(=O)cc(-c4cc(F)ccc4Br)oc23)[C@H]1CO.CS(=O)(=O)O. The zero-order valence-electron chi connectivity index (χ0n) is 18.2. The van der Waals surface area contributed by atoms with Gasteiger partial charge in [-0.1, -0.05) is 15.9 Å². The number of hydrogen-bond donors (Lipinski definition) is 4. The maximum absolute atomic E-state index is 13.8. The fraction of sp³-hybridized carbons (Fsp3) is 0.318. The molecule has 0 saturated carbocycles. The first-order valence-electron chi connectivity index (χ1n) is 10.0. The lowest BCUT2D eigenvalue weighted by Gasteiger charge is -2.24. The topological polar surface area (TPSA) is 149 Å². The van der Waals surface area contributed by atoms with Crippen molar-refractivity contribution in [3.05, 3.63) is 56.4 Å². The molecule has 1 saturated heterocycles. The first-order chi connectivity index (χ1) is 15.8. The van der Waals surface area contributed by atoms with Gasteiger partial charge in [0.15, 0.2) is 5.43 Å². The molecule has 12 heteroatoms. The highest BCUT2D eigenvalue weighted by molar-refractivity contribution is 9.10. The van der Waals surface area contributed by atoms with Crippen LogP contribution in [0.15, 0.2) is 44.0 Å². The summed E-state index contributed by atoms with van der Waals surface area (Å²) in [4.78, 5) is 14.8. The lowest BCUT2D eigenvalue weighted by atomic mass is 9.89. The molecule has 1 aliphatic heterocycles. The van der Waals surface area contributed by atoms with Crippen LogP contribution in [0.2, 0.25) is 0 Å². The van der Waals surface area contributed by atoms with Gasteiger partial charge in [0.05, 0.1) is 12.9 Å². The Balaban J connectivity index is 0.000000588. The highest BCUT2D eigenvalue weighted by atomic mass is 79.9. The molecule has 1 aromatic heterocycles. The number of likely N-dealkylation sites (N-methyl/N-ethyl adjacent to an activating group) is 1. The van der Waals surface area contributed by atoms with Gasteiger partial charge in [-0.05, 0) is 38.2 Å². The van der Waals surface area contributed by atoms with E-state index >= 15 is 0 Å². The van der Waals surface area contributed by atoms with Crippen LogP contribution >= 0.6 is 15.9 Å². The number of aliphatic hydroxyl groups excluding tert-OH is 1. The van der Waals surface area contributed by atoms with Crippen LogP contribution in [0.1, 0.15) is 17.9 Å². The molecule has 0 radical (unpaired) electrons. The summed E-state index contributed by atoms with van der Waals surface area (Å²) in [5, 5.41) is 30.7. The molecule has 2 atom stereocenters. The third-order valence-corrected chi connectivity index (χ3v) is 6.26. The number of halogens is 2. The number of aliphatic hydroxyl groups is 1. The van der Waals surface area contributed by atoms with E-state index in [1.807, 2.05) is 11.9 Å². The quantitative estimate of drug-likeness (QED) is 0.355. The molecule has 0 unspecified atom stereocenters. The number of aromatic hydroxyl groups is 2. The Kier molecular flexibility index (Phi) is 7.68. The fourth-order valence-corrected chi connectivity index (χ4v) is 4.55. The summed E-state index contributed by atoms with van der Waals surface area (Å²) >= 11 is 3.33. The monoisotopic (exact) mass is 559 g/mol. The summed E-state index contributed by atoms with van der Waals surface area (Å²) in [6.45, 7) is 0.555. The molecule has 4 N–H and O–H groups in total. The third-order valence-electron chi connectivity index (χ3n) is 5.57. The molecule has 34 heavy (non-hydrogen) atoms. The molecule has 1 fully saturated rings. The summed E-state index contributed by atoms with van der Waals surface area (Å²) in [7, 11) is -1.80. The number of likely N-dealkylation sites (tertiary alicyclic amines) is 1. The minimum Gasteiger partial charge on any atom is -0.507 e. The van der Waals surface area contributed by atoms with Crippen molar-refractivity contribution in [2.45, 2.75) is 18.4 Å². The maximum Gasteiger partial charge on any atom is 0.261 e. The molecule has 9 nitrogen and oxygen atoms in total. The molecule has 0 bridgehead atoms. The Hall–Kier alpha value is -2.51. The second-order valence-electron chi connectivity index (χ2n) is 7.99. The number of hydrogen-bond acceptors (Lipinski definition) is 8. The van der Waals surface area contributed by atoms with E-state index in [2.05, 4.69) is 15.9 Å². The van der Waals surface area contributed by atoms with Crippen LogP contribution in [0.4, 0.5) is 4.39 Å². The second kappa shape index (κ2) is 10.0. The van der Waals surface area contributed by atoms with E-state index in [9.17, 15) is 32.9 Å². The van der Waals surface area contributed by atoms with Crippen LogP contribution in [0.5, 0.6) is 11.5 Å². The van der Waals surface area contributed by atoms with Gasteiger partial charge in [-0.2, -0.15) is 8.42 Å². The average Bonchev–Trinajstić information content (AvgIpc) is 3.08. The van der Waals surface area contributed by atoms with Crippen LogP contribution in [0.3, 0.4) is 0 Å². The maximum atomic E-state index is 13.8. The van der Waals surface area contributed by atoms with Crippen LogP contribution in [-0.4, -0.2) is 65.7 Å². The van der Waals surface area contributed by atoms with Crippen molar-refractivity contribution in [3.8, 4) is 22.8 Å². The number of rotatable bonds is 3. The molecule has 0 aliphatic carbocycles.